The number of rotatable bonds is 4. The Morgan fingerprint density at radius 1 is 1.21 bits per heavy atom. The monoisotopic (exact) mass is 256 g/mol. The van der Waals surface area contributed by atoms with Crippen LogP contribution in [0.1, 0.15) is 24.0 Å². The number of hydrogen-bond donors (Lipinski definition) is 0. The lowest BCUT2D eigenvalue weighted by Gasteiger charge is -2.05. The second-order valence-corrected chi connectivity index (χ2v) is 4.09. The minimum Gasteiger partial charge on any atom is -0.463 e. The van der Waals surface area contributed by atoms with E-state index < -0.39 is 0 Å². The molecule has 2 aromatic rings. The number of carbonyl (C=O) groups excluding carboxylic acids is 1. The average Bonchev–Trinajstić information content (AvgIpc) is 2.84. The molecule has 0 N–H and O–H groups in total. The van der Waals surface area contributed by atoms with Gasteiger partial charge in [0.05, 0.1) is 6.61 Å². The molecular formula is C16H16O3. The molecule has 1 heterocycles. The third-order valence-corrected chi connectivity index (χ3v) is 2.64. The highest BCUT2D eigenvalue weighted by molar-refractivity contribution is 5.95. The maximum absolute atomic E-state index is 11.7. The highest BCUT2D eigenvalue weighted by Crippen LogP contribution is 2.25. The predicted molar refractivity (Wildman–Crippen MR) is 73.6 cm³/mol. The molecule has 0 fully saturated rings. The van der Waals surface area contributed by atoms with Crippen molar-refractivity contribution in [1.29, 1.82) is 0 Å². The summed E-state index contributed by atoms with van der Waals surface area (Å²) in [5, 5.41) is 0. The molecule has 0 saturated carbocycles. The van der Waals surface area contributed by atoms with Gasteiger partial charge in [-0.15, -0.1) is 0 Å². The molecule has 3 heteroatoms. The van der Waals surface area contributed by atoms with Crippen LogP contribution in [-0.2, 0) is 9.53 Å². The molecule has 1 aromatic carbocycles. The van der Waals surface area contributed by atoms with Crippen molar-refractivity contribution in [3.63, 3.8) is 0 Å². The molecule has 0 aliphatic heterocycles. The van der Waals surface area contributed by atoms with Gasteiger partial charge >= 0.3 is 5.97 Å². The van der Waals surface area contributed by atoms with E-state index in [1.165, 1.54) is 6.08 Å². The summed E-state index contributed by atoms with van der Waals surface area (Å²) in [5.74, 6) is 1.10. The van der Waals surface area contributed by atoms with Gasteiger partial charge in [0.1, 0.15) is 11.5 Å². The van der Waals surface area contributed by atoms with Crippen LogP contribution in [0.4, 0.5) is 0 Å². The first-order valence-electron chi connectivity index (χ1n) is 6.21. The van der Waals surface area contributed by atoms with Crippen molar-refractivity contribution in [2.45, 2.75) is 13.8 Å². The maximum atomic E-state index is 11.7. The molecule has 2 rings (SSSR count). The van der Waals surface area contributed by atoms with Gasteiger partial charge in [-0.05, 0) is 31.5 Å². The molecule has 0 aliphatic rings. The van der Waals surface area contributed by atoms with Crippen LogP contribution in [0.5, 0.6) is 0 Å². The topological polar surface area (TPSA) is 39.4 Å². The van der Waals surface area contributed by atoms with E-state index in [4.69, 9.17) is 9.15 Å². The van der Waals surface area contributed by atoms with Crippen LogP contribution in [0.25, 0.3) is 5.57 Å². The van der Waals surface area contributed by atoms with Crippen molar-refractivity contribution >= 4 is 11.5 Å². The molecule has 1 aromatic heterocycles. The van der Waals surface area contributed by atoms with Crippen molar-refractivity contribution in [1.82, 2.24) is 0 Å². The molecule has 0 bridgehead atoms. The number of esters is 1. The van der Waals surface area contributed by atoms with Crippen LogP contribution >= 0.6 is 0 Å². The summed E-state index contributed by atoms with van der Waals surface area (Å²) in [7, 11) is 0. The zero-order valence-corrected chi connectivity index (χ0v) is 11.1. The Morgan fingerprint density at radius 3 is 2.53 bits per heavy atom. The largest absolute Gasteiger partial charge is 0.463 e. The van der Waals surface area contributed by atoms with Crippen LogP contribution in [0.15, 0.2) is 53.0 Å². The minimum absolute atomic E-state index is 0.356. The number of hydrogen-bond acceptors (Lipinski definition) is 3. The lowest BCUT2D eigenvalue weighted by Crippen LogP contribution is -2.01. The van der Waals surface area contributed by atoms with Crippen LogP contribution < -0.4 is 0 Å². The second kappa shape index (κ2) is 6.05. The molecule has 0 saturated heterocycles. The van der Waals surface area contributed by atoms with E-state index in [2.05, 4.69) is 0 Å². The first-order valence-corrected chi connectivity index (χ1v) is 6.21. The standard InChI is InChI=1S/C16H16O3/c1-3-18-16(17)11-14(13-7-5-4-6-8-13)15-10-9-12(2)19-15/h4-11H,3H2,1-2H3/b14-11-. The number of benzene rings is 1. The van der Waals surface area contributed by atoms with Crippen molar-refractivity contribution in [3.05, 3.63) is 65.6 Å². The molecular weight excluding hydrogens is 240 g/mol. The Morgan fingerprint density at radius 2 is 1.95 bits per heavy atom. The van der Waals surface area contributed by atoms with Crippen LogP contribution in [0.3, 0.4) is 0 Å². The molecule has 0 spiro atoms. The van der Waals surface area contributed by atoms with Crippen molar-refractivity contribution in [2.24, 2.45) is 0 Å². The fraction of sp³-hybridized carbons (Fsp3) is 0.188. The summed E-state index contributed by atoms with van der Waals surface area (Å²) >= 11 is 0. The van der Waals surface area contributed by atoms with Gasteiger partial charge in [0.15, 0.2) is 0 Å². The Labute approximate surface area is 112 Å². The normalized spacial score (nSPS) is 11.4. The molecule has 0 unspecified atom stereocenters. The van der Waals surface area contributed by atoms with Crippen molar-refractivity contribution in [2.75, 3.05) is 6.61 Å². The van der Waals surface area contributed by atoms with Gasteiger partial charge < -0.3 is 9.15 Å². The summed E-state index contributed by atoms with van der Waals surface area (Å²) in [6.45, 7) is 4.01. The third-order valence-electron chi connectivity index (χ3n) is 2.64. The molecule has 3 nitrogen and oxygen atoms in total. The summed E-state index contributed by atoms with van der Waals surface area (Å²) in [5.41, 5.74) is 1.65. The minimum atomic E-state index is -0.365. The van der Waals surface area contributed by atoms with Crippen LogP contribution in [-0.4, -0.2) is 12.6 Å². The zero-order valence-electron chi connectivity index (χ0n) is 11.1. The molecule has 0 atom stereocenters. The lowest BCUT2D eigenvalue weighted by atomic mass is 10.0. The van der Waals surface area contributed by atoms with Crippen molar-refractivity contribution in [3.8, 4) is 0 Å². The number of furan rings is 1. The quantitative estimate of drug-likeness (QED) is 0.620. The van der Waals surface area contributed by atoms with E-state index in [0.717, 1.165) is 16.9 Å². The Bertz CT molecular complexity index is 579. The fourth-order valence-corrected chi connectivity index (χ4v) is 1.80. The Hall–Kier alpha value is -2.29. The van der Waals surface area contributed by atoms with E-state index in [0.29, 0.717) is 12.4 Å². The van der Waals surface area contributed by atoms with Gasteiger partial charge in [0.25, 0.3) is 0 Å². The Balaban J connectivity index is 2.42. The van der Waals surface area contributed by atoms with Gasteiger partial charge in [-0.1, -0.05) is 30.3 Å². The van der Waals surface area contributed by atoms with Gasteiger partial charge in [-0.25, -0.2) is 4.79 Å². The van der Waals surface area contributed by atoms with Gasteiger partial charge in [-0.3, -0.25) is 0 Å². The lowest BCUT2D eigenvalue weighted by molar-refractivity contribution is -0.137. The molecule has 0 amide bonds. The van der Waals surface area contributed by atoms with E-state index in [1.807, 2.05) is 49.4 Å². The summed E-state index contributed by atoms with van der Waals surface area (Å²) in [6.07, 6.45) is 1.47. The van der Waals surface area contributed by atoms with Crippen molar-refractivity contribution < 1.29 is 13.9 Å². The van der Waals surface area contributed by atoms with E-state index in [-0.39, 0.29) is 5.97 Å². The van der Waals surface area contributed by atoms with E-state index >= 15 is 0 Å². The predicted octanol–water partition coefficient (Wildman–Crippen LogP) is 3.58. The first-order chi connectivity index (χ1) is 9.20. The van der Waals surface area contributed by atoms with E-state index in [9.17, 15) is 4.79 Å². The average molecular weight is 256 g/mol. The second-order valence-electron chi connectivity index (χ2n) is 4.09. The summed E-state index contributed by atoms with van der Waals surface area (Å²) < 4.78 is 10.6. The number of aryl methyl sites for hydroxylation is 1. The maximum Gasteiger partial charge on any atom is 0.331 e. The fourth-order valence-electron chi connectivity index (χ4n) is 1.80. The SMILES string of the molecule is CCOC(=O)/C=C(/c1ccccc1)c1ccc(C)o1. The molecule has 19 heavy (non-hydrogen) atoms. The number of carbonyl (C=O) groups is 1. The zero-order chi connectivity index (χ0) is 13.7. The van der Waals surface area contributed by atoms with E-state index in [1.54, 1.807) is 6.92 Å². The molecule has 98 valence electrons. The highest BCUT2D eigenvalue weighted by Gasteiger charge is 2.11. The highest BCUT2D eigenvalue weighted by atomic mass is 16.5. The van der Waals surface area contributed by atoms with Crippen LogP contribution in [0.2, 0.25) is 0 Å². The van der Waals surface area contributed by atoms with Crippen LogP contribution in [0, 0.1) is 6.92 Å². The summed E-state index contributed by atoms with van der Waals surface area (Å²) in [6, 6.07) is 13.4. The van der Waals surface area contributed by atoms with Gasteiger partial charge in [0.2, 0.25) is 0 Å². The van der Waals surface area contributed by atoms with Gasteiger partial charge in [-0.2, -0.15) is 0 Å². The number of ether oxygens (including phenoxy) is 1. The Kier molecular flexibility index (Phi) is 4.18. The molecule has 0 aliphatic carbocycles. The van der Waals surface area contributed by atoms with Gasteiger partial charge in [0, 0.05) is 11.6 Å². The third kappa shape index (κ3) is 3.35. The summed E-state index contributed by atoms with van der Waals surface area (Å²) in [4.78, 5) is 11.7. The molecule has 0 radical (unpaired) electrons. The smallest absolute Gasteiger partial charge is 0.331 e. The first kappa shape index (κ1) is 13.1.